The molecule has 1 atom stereocenters. The SMILES string of the molecule is CCCCCC=CC(C)C(=N)N. The molecule has 0 saturated carbocycles. The van der Waals surface area contributed by atoms with E-state index in [0.29, 0.717) is 0 Å². The first-order valence-corrected chi connectivity index (χ1v) is 4.69. The van der Waals surface area contributed by atoms with Crippen LogP contribution in [0.2, 0.25) is 0 Å². The van der Waals surface area contributed by atoms with Crippen molar-refractivity contribution in [1.82, 2.24) is 0 Å². The van der Waals surface area contributed by atoms with E-state index in [1.54, 1.807) is 0 Å². The van der Waals surface area contributed by atoms with Crippen molar-refractivity contribution < 1.29 is 0 Å². The number of hydrogen-bond donors (Lipinski definition) is 2. The molecule has 1 unspecified atom stereocenters. The van der Waals surface area contributed by atoms with E-state index in [4.69, 9.17) is 11.1 Å². The average Bonchev–Trinajstić information content (AvgIpc) is 2.03. The largest absolute Gasteiger partial charge is 0.387 e. The third kappa shape index (κ3) is 5.96. The molecule has 3 N–H and O–H groups in total. The molecule has 0 aromatic heterocycles. The maximum Gasteiger partial charge on any atom is 0.0972 e. The summed E-state index contributed by atoms with van der Waals surface area (Å²) in [5.41, 5.74) is 5.31. The summed E-state index contributed by atoms with van der Waals surface area (Å²) in [6.07, 6.45) is 9.05. The van der Waals surface area contributed by atoms with E-state index in [0.717, 1.165) is 6.42 Å². The van der Waals surface area contributed by atoms with Crippen LogP contribution in [-0.2, 0) is 0 Å². The molecule has 0 aliphatic carbocycles. The number of unbranched alkanes of at least 4 members (excludes halogenated alkanes) is 3. The van der Waals surface area contributed by atoms with Crippen LogP contribution in [0, 0.1) is 11.3 Å². The minimum absolute atomic E-state index is 0.103. The molecular weight excluding hydrogens is 148 g/mol. The molecule has 2 nitrogen and oxygen atoms in total. The molecular formula is C10H20N2. The fraction of sp³-hybridized carbons (Fsp3) is 0.700. The minimum Gasteiger partial charge on any atom is -0.387 e. The van der Waals surface area contributed by atoms with E-state index in [-0.39, 0.29) is 11.8 Å². The lowest BCUT2D eigenvalue weighted by Gasteiger charge is -2.01. The summed E-state index contributed by atoms with van der Waals surface area (Å²) in [5, 5.41) is 7.14. The van der Waals surface area contributed by atoms with Crippen LogP contribution in [0.4, 0.5) is 0 Å². The fourth-order valence-electron chi connectivity index (χ4n) is 0.916. The summed E-state index contributed by atoms with van der Waals surface area (Å²) in [7, 11) is 0. The normalized spacial score (nSPS) is 13.5. The molecule has 0 radical (unpaired) electrons. The lowest BCUT2D eigenvalue weighted by Crippen LogP contribution is -2.17. The lowest BCUT2D eigenvalue weighted by atomic mass is 10.1. The van der Waals surface area contributed by atoms with Gasteiger partial charge in [-0.15, -0.1) is 0 Å². The van der Waals surface area contributed by atoms with Gasteiger partial charge in [0.25, 0.3) is 0 Å². The smallest absolute Gasteiger partial charge is 0.0972 e. The molecule has 0 rings (SSSR count). The van der Waals surface area contributed by atoms with Gasteiger partial charge in [0.1, 0.15) is 0 Å². The average molecular weight is 168 g/mol. The van der Waals surface area contributed by atoms with Gasteiger partial charge in [0.05, 0.1) is 5.84 Å². The molecule has 0 aromatic carbocycles. The third-order valence-corrected chi connectivity index (χ3v) is 1.89. The van der Waals surface area contributed by atoms with Crippen molar-refractivity contribution in [3.05, 3.63) is 12.2 Å². The summed E-state index contributed by atoms with van der Waals surface area (Å²) in [4.78, 5) is 0. The van der Waals surface area contributed by atoms with Gasteiger partial charge < -0.3 is 5.73 Å². The van der Waals surface area contributed by atoms with Crippen molar-refractivity contribution in [3.63, 3.8) is 0 Å². The molecule has 0 fully saturated rings. The van der Waals surface area contributed by atoms with Gasteiger partial charge in [0.2, 0.25) is 0 Å². The zero-order valence-corrected chi connectivity index (χ0v) is 8.14. The standard InChI is InChI=1S/C10H20N2/c1-3-4-5-6-7-8-9(2)10(11)12/h7-9H,3-6H2,1-2H3,(H3,11,12). The van der Waals surface area contributed by atoms with Crippen molar-refractivity contribution in [2.24, 2.45) is 11.7 Å². The maximum atomic E-state index is 7.14. The quantitative estimate of drug-likeness (QED) is 0.272. The van der Waals surface area contributed by atoms with E-state index < -0.39 is 0 Å². The molecule has 0 aromatic rings. The number of amidine groups is 1. The van der Waals surface area contributed by atoms with Gasteiger partial charge >= 0.3 is 0 Å². The Morgan fingerprint density at radius 3 is 2.67 bits per heavy atom. The topological polar surface area (TPSA) is 49.9 Å². The van der Waals surface area contributed by atoms with Gasteiger partial charge in [-0.2, -0.15) is 0 Å². The lowest BCUT2D eigenvalue weighted by molar-refractivity contribution is 0.727. The molecule has 2 heteroatoms. The van der Waals surface area contributed by atoms with Gasteiger partial charge in [0, 0.05) is 5.92 Å². The van der Waals surface area contributed by atoms with E-state index in [1.807, 2.05) is 13.0 Å². The monoisotopic (exact) mass is 168 g/mol. The first-order valence-electron chi connectivity index (χ1n) is 4.69. The van der Waals surface area contributed by atoms with Crippen molar-refractivity contribution >= 4 is 5.84 Å². The predicted molar refractivity (Wildman–Crippen MR) is 54.4 cm³/mol. The third-order valence-electron chi connectivity index (χ3n) is 1.89. The second kappa shape index (κ2) is 6.89. The molecule has 0 aliphatic heterocycles. The Morgan fingerprint density at radius 1 is 1.50 bits per heavy atom. The molecule has 0 saturated heterocycles. The highest BCUT2D eigenvalue weighted by atomic mass is 14.7. The highest BCUT2D eigenvalue weighted by Crippen LogP contribution is 2.02. The summed E-state index contributed by atoms with van der Waals surface area (Å²) >= 11 is 0. The Hall–Kier alpha value is -0.790. The molecule has 0 amide bonds. The Labute approximate surface area is 75.4 Å². The predicted octanol–water partition coefficient (Wildman–Crippen LogP) is 2.69. The summed E-state index contributed by atoms with van der Waals surface area (Å²) in [6.45, 7) is 4.14. The zero-order chi connectivity index (χ0) is 9.40. The molecule has 70 valence electrons. The first kappa shape index (κ1) is 11.2. The van der Waals surface area contributed by atoms with Crippen molar-refractivity contribution in [2.75, 3.05) is 0 Å². The highest BCUT2D eigenvalue weighted by Gasteiger charge is 1.97. The van der Waals surface area contributed by atoms with E-state index >= 15 is 0 Å². The van der Waals surface area contributed by atoms with Gasteiger partial charge in [-0.3, -0.25) is 5.41 Å². The van der Waals surface area contributed by atoms with E-state index in [1.165, 1.54) is 19.3 Å². The molecule has 0 bridgehead atoms. The second-order valence-electron chi connectivity index (χ2n) is 3.17. The Kier molecular flexibility index (Phi) is 6.44. The summed E-state index contributed by atoms with van der Waals surface area (Å²) in [6, 6.07) is 0. The van der Waals surface area contributed by atoms with Crippen molar-refractivity contribution in [3.8, 4) is 0 Å². The zero-order valence-electron chi connectivity index (χ0n) is 8.14. The Balaban J connectivity index is 3.41. The van der Waals surface area contributed by atoms with Crippen LogP contribution in [0.15, 0.2) is 12.2 Å². The first-order chi connectivity index (χ1) is 5.68. The summed E-state index contributed by atoms with van der Waals surface area (Å²) in [5.74, 6) is 0.355. The molecule has 0 aliphatic rings. The van der Waals surface area contributed by atoms with Crippen LogP contribution in [0.5, 0.6) is 0 Å². The minimum atomic E-state index is 0.103. The maximum absolute atomic E-state index is 7.14. The molecule has 12 heavy (non-hydrogen) atoms. The highest BCUT2D eigenvalue weighted by molar-refractivity contribution is 5.80. The number of nitrogens with two attached hydrogens (primary N) is 1. The van der Waals surface area contributed by atoms with E-state index in [2.05, 4.69) is 13.0 Å². The van der Waals surface area contributed by atoms with Crippen LogP contribution in [0.3, 0.4) is 0 Å². The molecule has 0 spiro atoms. The number of nitrogens with one attached hydrogen (secondary N) is 1. The summed E-state index contributed by atoms with van der Waals surface area (Å²) < 4.78 is 0. The van der Waals surface area contributed by atoms with Crippen LogP contribution in [-0.4, -0.2) is 5.84 Å². The number of hydrogen-bond acceptors (Lipinski definition) is 1. The second-order valence-corrected chi connectivity index (χ2v) is 3.17. The Morgan fingerprint density at radius 2 is 2.17 bits per heavy atom. The number of rotatable bonds is 6. The van der Waals surface area contributed by atoms with Crippen LogP contribution in [0.25, 0.3) is 0 Å². The van der Waals surface area contributed by atoms with Gasteiger partial charge in [-0.1, -0.05) is 38.8 Å². The van der Waals surface area contributed by atoms with Gasteiger partial charge in [-0.05, 0) is 12.8 Å². The van der Waals surface area contributed by atoms with Crippen LogP contribution < -0.4 is 5.73 Å². The van der Waals surface area contributed by atoms with E-state index in [9.17, 15) is 0 Å². The molecule has 0 heterocycles. The van der Waals surface area contributed by atoms with Crippen LogP contribution in [0.1, 0.15) is 39.5 Å². The van der Waals surface area contributed by atoms with Crippen molar-refractivity contribution in [1.29, 1.82) is 5.41 Å². The Bertz CT molecular complexity index is 150. The number of allylic oxidation sites excluding steroid dienone is 1. The van der Waals surface area contributed by atoms with Crippen molar-refractivity contribution in [2.45, 2.75) is 39.5 Å². The van der Waals surface area contributed by atoms with Crippen LogP contribution >= 0.6 is 0 Å². The fourth-order valence-corrected chi connectivity index (χ4v) is 0.916. The van der Waals surface area contributed by atoms with Gasteiger partial charge in [-0.25, -0.2) is 0 Å². The van der Waals surface area contributed by atoms with Gasteiger partial charge in [0.15, 0.2) is 0 Å².